The van der Waals surface area contributed by atoms with Crippen molar-refractivity contribution in [1.82, 2.24) is 19.9 Å². The molecule has 20 heavy (non-hydrogen) atoms. The minimum Gasteiger partial charge on any atom is -0.338 e. The Morgan fingerprint density at radius 1 is 1.35 bits per heavy atom. The number of imidazole rings is 1. The SMILES string of the molecule is CC(NCCc1nccn1C)c1nc2ccccc2s1. The number of hydrogen-bond acceptors (Lipinski definition) is 4. The van der Waals surface area contributed by atoms with Crippen molar-refractivity contribution < 1.29 is 0 Å². The normalized spacial score (nSPS) is 12.9. The van der Waals surface area contributed by atoms with Crippen LogP contribution in [0.25, 0.3) is 10.2 Å². The van der Waals surface area contributed by atoms with Crippen molar-refractivity contribution in [3.8, 4) is 0 Å². The summed E-state index contributed by atoms with van der Waals surface area (Å²) in [5.41, 5.74) is 1.09. The number of aromatic nitrogens is 3. The average molecular weight is 286 g/mol. The summed E-state index contributed by atoms with van der Waals surface area (Å²) in [4.78, 5) is 9.01. The van der Waals surface area contributed by atoms with Gasteiger partial charge in [0.2, 0.25) is 0 Å². The number of rotatable bonds is 5. The highest BCUT2D eigenvalue weighted by Gasteiger charge is 2.10. The zero-order valence-electron chi connectivity index (χ0n) is 11.7. The number of thiazole rings is 1. The highest BCUT2D eigenvalue weighted by Crippen LogP contribution is 2.25. The second-order valence-corrected chi connectivity index (χ2v) is 5.96. The van der Waals surface area contributed by atoms with Gasteiger partial charge in [-0.05, 0) is 19.1 Å². The number of para-hydroxylation sites is 1. The highest BCUT2D eigenvalue weighted by atomic mass is 32.1. The zero-order valence-corrected chi connectivity index (χ0v) is 12.5. The molecular weight excluding hydrogens is 268 g/mol. The van der Waals surface area contributed by atoms with E-state index >= 15 is 0 Å². The Morgan fingerprint density at radius 2 is 2.20 bits per heavy atom. The fraction of sp³-hybridized carbons (Fsp3) is 0.333. The summed E-state index contributed by atoms with van der Waals surface area (Å²) in [6, 6.07) is 8.55. The molecule has 3 rings (SSSR count). The third kappa shape index (κ3) is 2.73. The molecule has 0 bridgehead atoms. The molecule has 2 aromatic heterocycles. The van der Waals surface area contributed by atoms with E-state index in [4.69, 9.17) is 0 Å². The van der Waals surface area contributed by atoms with Crippen LogP contribution in [-0.2, 0) is 13.5 Å². The predicted molar refractivity (Wildman–Crippen MR) is 82.9 cm³/mol. The Bertz CT molecular complexity index is 668. The van der Waals surface area contributed by atoms with E-state index in [0.29, 0.717) is 0 Å². The smallest absolute Gasteiger partial charge is 0.111 e. The lowest BCUT2D eigenvalue weighted by atomic mass is 10.3. The number of nitrogens with one attached hydrogen (secondary N) is 1. The van der Waals surface area contributed by atoms with Crippen LogP contribution in [0, 0.1) is 0 Å². The Labute approximate surface area is 122 Å². The summed E-state index contributed by atoms with van der Waals surface area (Å²) in [7, 11) is 2.03. The van der Waals surface area contributed by atoms with E-state index in [-0.39, 0.29) is 6.04 Å². The van der Waals surface area contributed by atoms with E-state index in [1.807, 2.05) is 25.5 Å². The van der Waals surface area contributed by atoms with Gasteiger partial charge in [0.25, 0.3) is 0 Å². The van der Waals surface area contributed by atoms with Crippen LogP contribution in [-0.4, -0.2) is 21.1 Å². The van der Waals surface area contributed by atoms with Crippen LogP contribution < -0.4 is 5.32 Å². The zero-order chi connectivity index (χ0) is 13.9. The van der Waals surface area contributed by atoms with Crippen LogP contribution in [0.4, 0.5) is 0 Å². The molecule has 0 spiro atoms. The van der Waals surface area contributed by atoms with Gasteiger partial charge in [0.1, 0.15) is 10.8 Å². The molecule has 2 heterocycles. The van der Waals surface area contributed by atoms with E-state index in [2.05, 4.69) is 45.0 Å². The fourth-order valence-electron chi connectivity index (χ4n) is 2.20. The van der Waals surface area contributed by atoms with Crippen LogP contribution >= 0.6 is 11.3 Å². The Balaban J connectivity index is 1.61. The van der Waals surface area contributed by atoms with Gasteiger partial charge in [-0.3, -0.25) is 0 Å². The van der Waals surface area contributed by atoms with Gasteiger partial charge < -0.3 is 9.88 Å². The molecule has 3 aromatic rings. The molecule has 104 valence electrons. The van der Waals surface area contributed by atoms with Crippen LogP contribution in [0.3, 0.4) is 0 Å². The third-order valence-corrected chi connectivity index (χ3v) is 4.62. The predicted octanol–water partition coefficient (Wildman–Crippen LogP) is 2.92. The Hall–Kier alpha value is -1.72. The average Bonchev–Trinajstić information content (AvgIpc) is 3.05. The molecule has 0 fully saturated rings. The molecule has 0 aliphatic carbocycles. The van der Waals surface area contributed by atoms with Gasteiger partial charge in [0, 0.05) is 32.4 Å². The molecule has 1 unspecified atom stereocenters. The van der Waals surface area contributed by atoms with Gasteiger partial charge in [-0.25, -0.2) is 9.97 Å². The maximum absolute atomic E-state index is 4.68. The monoisotopic (exact) mass is 286 g/mol. The second kappa shape index (κ2) is 5.73. The van der Waals surface area contributed by atoms with Gasteiger partial charge in [-0.1, -0.05) is 12.1 Å². The molecule has 0 amide bonds. The standard InChI is InChI=1S/C15H18N4S/c1-11(16-8-7-14-17-9-10-19(14)2)15-18-12-5-3-4-6-13(12)20-15/h3-6,9-11,16H,7-8H2,1-2H3. The summed E-state index contributed by atoms with van der Waals surface area (Å²) < 4.78 is 3.31. The number of fused-ring (bicyclic) bond motifs is 1. The molecule has 1 aromatic carbocycles. The third-order valence-electron chi connectivity index (χ3n) is 3.40. The topological polar surface area (TPSA) is 42.7 Å². The first-order valence-electron chi connectivity index (χ1n) is 6.79. The first-order chi connectivity index (χ1) is 9.74. The minimum absolute atomic E-state index is 0.271. The fourth-order valence-corrected chi connectivity index (χ4v) is 3.19. The van der Waals surface area contributed by atoms with Crippen molar-refractivity contribution in [1.29, 1.82) is 0 Å². The lowest BCUT2D eigenvalue weighted by Crippen LogP contribution is -2.22. The van der Waals surface area contributed by atoms with Crippen LogP contribution in [0.1, 0.15) is 23.8 Å². The van der Waals surface area contributed by atoms with Gasteiger partial charge in [0.15, 0.2) is 0 Å². The van der Waals surface area contributed by atoms with Crippen molar-refractivity contribution >= 4 is 21.6 Å². The van der Waals surface area contributed by atoms with E-state index < -0.39 is 0 Å². The van der Waals surface area contributed by atoms with Crippen molar-refractivity contribution in [3.63, 3.8) is 0 Å². The molecule has 1 atom stereocenters. The maximum Gasteiger partial charge on any atom is 0.111 e. The quantitative estimate of drug-likeness (QED) is 0.784. The van der Waals surface area contributed by atoms with E-state index in [1.165, 1.54) is 4.70 Å². The van der Waals surface area contributed by atoms with E-state index in [9.17, 15) is 0 Å². The summed E-state index contributed by atoms with van der Waals surface area (Å²) in [5.74, 6) is 1.11. The summed E-state index contributed by atoms with van der Waals surface area (Å²) in [5, 5.41) is 4.66. The first kappa shape index (κ1) is 13.3. The van der Waals surface area contributed by atoms with E-state index in [0.717, 1.165) is 29.3 Å². The molecule has 0 aliphatic heterocycles. The molecular formula is C15H18N4S. The summed E-state index contributed by atoms with van der Waals surface area (Å²) >= 11 is 1.76. The molecule has 0 radical (unpaired) electrons. The second-order valence-electron chi connectivity index (χ2n) is 4.90. The Kier molecular flexibility index (Phi) is 3.80. The maximum atomic E-state index is 4.68. The lowest BCUT2D eigenvalue weighted by Gasteiger charge is -2.10. The van der Waals surface area contributed by atoms with Crippen molar-refractivity contribution in [2.24, 2.45) is 7.05 Å². The van der Waals surface area contributed by atoms with Crippen molar-refractivity contribution in [2.75, 3.05) is 6.54 Å². The van der Waals surface area contributed by atoms with Gasteiger partial charge in [-0.15, -0.1) is 11.3 Å². The van der Waals surface area contributed by atoms with Crippen molar-refractivity contribution in [2.45, 2.75) is 19.4 Å². The molecule has 1 N–H and O–H groups in total. The molecule has 0 aliphatic rings. The minimum atomic E-state index is 0.271. The van der Waals surface area contributed by atoms with Crippen LogP contribution in [0.15, 0.2) is 36.7 Å². The lowest BCUT2D eigenvalue weighted by molar-refractivity contribution is 0.563. The number of benzene rings is 1. The van der Waals surface area contributed by atoms with Crippen LogP contribution in [0.2, 0.25) is 0 Å². The number of nitrogens with zero attached hydrogens (tertiary/aromatic N) is 3. The van der Waals surface area contributed by atoms with Gasteiger partial charge in [0.05, 0.1) is 16.3 Å². The van der Waals surface area contributed by atoms with Gasteiger partial charge in [-0.2, -0.15) is 0 Å². The molecule has 4 nitrogen and oxygen atoms in total. The summed E-state index contributed by atoms with van der Waals surface area (Å²) in [6.07, 6.45) is 4.75. The van der Waals surface area contributed by atoms with Crippen molar-refractivity contribution in [3.05, 3.63) is 47.5 Å². The van der Waals surface area contributed by atoms with E-state index in [1.54, 1.807) is 11.3 Å². The largest absolute Gasteiger partial charge is 0.338 e. The molecule has 0 saturated heterocycles. The van der Waals surface area contributed by atoms with Gasteiger partial charge >= 0.3 is 0 Å². The number of aryl methyl sites for hydroxylation is 1. The Morgan fingerprint density at radius 3 is 2.95 bits per heavy atom. The molecule has 0 saturated carbocycles. The molecule has 5 heteroatoms. The highest BCUT2D eigenvalue weighted by molar-refractivity contribution is 7.18. The van der Waals surface area contributed by atoms with Crippen LogP contribution in [0.5, 0.6) is 0 Å². The summed E-state index contributed by atoms with van der Waals surface area (Å²) in [6.45, 7) is 3.07. The first-order valence-corrected chi connectivity index (χ1v) is 7.61. The number of hydrogen-bond donors (Lipinski definition) is 1.